The molecule has 3 N–H and O–H groups in total. The molecule has 0 saturated carbocycles. The van der Waals surface area contributed by atoms with Gasteiger partial charge in [-0.15, -0.1) is 0 Å². The summed E-state index contributed by atoms with van der Waals surface area (Å²) in [4.78, 5) is 15.9. The molecule has 0 aliphatic rings. The fourth-order valence-corrected chi connectivity index (χ4v) is 4.93. The lowest BCUT2D eigenvalue weighted by Crippen LogP contribution is -2.31. The highest BCUT2D eigenvalue weighted by atomic mass is 32.2. The van der Waals surface area contributed by atoms with E-state index in [1.54, 1.807) is 50.2 Å². The molecule has 196 valence electrons. The average molecular weight is 537 g/mol. The van der Waals surface area contributed by atoms with E-state index in [1.165, 1.54) is 32.3 Å². The van der Waals surface area contributed by atoms with Gasteiger partial charge < -0.3 is 14.6 Å². The zero-order valence-electron chi connectivity index (χ0n) is 21.0. The molecule has 4 heterocycles. The number of rotatable bonds is 7. The molecule has 0 spiro atoms. The number of nitrogens with zero attached hydrogens (tertiary/aromatic N) is 4. The van der Waals surface area contributed by atoms with Crippen LogP contribution in [0.2, 0.25) is 0 Å². The first-order chi connectivity index (χ1) is 18.0. The summed E-state index contributed by atoms with van der Waals surface area (Å²) in [6.45, 7) is 6.34. The predicted octanol–water partition coefficient (Wildman–Crippen LogP) is 4.20. The van der Waals surface area contributed by atoms with Gasteiger partial charge in [0.05, 0.1) is 27.9 Å². The summed E-state index contributed by atoms with van der Waals surface area (Å²) in [5, 5.41) is 15.6. The lowest BCUT2D eigenvalue weighted by atomic mass is 9.83. The van der Waals surface area contributed by atoms with Gasteiger partial charge in [-0.1, -0.05) is 17.3 Å². The zero-order valence-corrected chi connectivity index (χ0v) is 21.8. The molecular formula is C26H25FN6O4S. The Morgan fingerprint density at radius 2 is 1.71 bits per heavy atom. The first kappa shape index (κ1) is 25.5. The van der Waals surface area contributed by atoms with E-state index in [0.717, 1.165) is 0 Å². The molecule has 1 aromatic carbocycles. The highest BCUT2D eigenvalue weighted by molar-refractivity contribution is 7.93. The molecule has 4 aromatic heterocycles. The van der Waals surface area contributed by atoms with Gasteiger partial charge in [-0.25, -0.2) is 17.8 Å². The van der Waals surface area contributed by atoms with E-state index in [4.69, 9.17) is 4.52 Å². The number of aliphatic hydroxyl groups is 1. The van der Waals surface area contributed by atoms with E-state index >= 15 is 4.39 Å². The van der Waals surface area contributed by atoms with Crippen molar-refractivity contribution < 1.29 is 22.4 Å². The highest BCUT2D eigenvalue weighted by Gasteiger charge is 2.41. The Balaban J connectivity index is 1.89. The highest BCUT2D eigenvalue weighted by Crippen LogP contribution is 2.43. The Kier molecular flexibility index (Phi) is 6.24. The number of fused-ring (bicyclic) bond motifs is 1. The van der Waals surface area contributed by atoms with E-state index in [9.17, 15) is 13.5 Å². The molecule has 0 unspecified atom stereocenters. The van der Waals surface area contributed by atoms with Crippen molar-refractivity contribution >= 4 is 27.0 Å². The number of hydrogen-bond acceptors (Lipinski definition) is 8. The number of benzene rings is 1. The second-order valence-corrected chi connectivity index (χ2v) is 11.4. The van der Waals surface area contributed by atoms with E-state index in [2.05, 4.69) is 29.8 Å². The van der Waals surface area contributed by atoms with E-state index in [-0.39, 0.29) is 39.5 Å². The van der Waals surface area contributed by atoms with Gasteiger partial charge in [0.15, 0.2) is 11.4 Å². The Labute approximate surface area is 218 Å². The number of halogens is 1. The van der Waals surface area contributed by atoms with Crippen LogP contribution in [0.15, 0.2) is 59.4 Å². The van der Waals surface area contributed by atoms with Crippen LogP contribution in [0.3, 0.4) is 0 Å². The first-order valence-corrected chi connectivity index (χ1v) is 13.3. The van der Waals surface area contributed by atoms with Gasteiger partial charge in [0, 0.05) is 23.5 Å². The minimum Gasteiger partial charge on any atom is -0.373 e. The lowest BCUT2D eigenvalue weighted by Gasteiger charge is -2.28. The van der Waals surface area contributed by atoms with Crippen molar-refractivity contribution in [2.75, 3.05) is 4.72 Å². The maximum absolute atomic E-state index is 16.1. The van der Waals surface area contributed by atoms with Crippen molar-refractivity contribution in [1.29, 1.82) is 0 Å². The lowest BCUT2D eigenvalue weighted by molar-refractivity contribution is 0.117. The number of aromatic amines is 1. The van der Waals surface area contributed by atoms with Crippen molar-refractivity contribution in [1.82, 2.24) is 25.1 Å². The maximum Gasteiger partial charge on any atom is 0.237 e. The number of pyridine rings is 2. The Hall–Kier alpha value is -4.16. The molecule has 0 fully saturated rings. The SMILES string of the molecule is Cc1noc(C)c1-c1cc(C(O)(c2ccccn2)c2ccccn2)c2nc(NS(=O)(=O)C(C)C)[nH]c2c1F. The summed E-state index contributed by atoms with van der Waals surface area (Å²) in [6, 6.07) is 11.5. The van der Waals surface area contributed by atoms with E-state index in [1.807, 2.05) is 0 Å². The molecule has 10 nitrogen and oxygen atoms in total. The molecule has 0 bridgehead atoms. The standard InChI is InChI=1S/C26H25FN6O4S/c1-14(2)38(35,36)33-25-30-23-18(13-17(22(27)24(23)31-25)21-15(3)32-37-16(21)4)26(34,19-9-5-7-11-28-19)20-10-6-8-12-29-20/h5-14,34H,1-4H3,(H2,30,31,33). The topological polar surface area (TPSA) is 147 Å². The second-order valence-electron chi connectivity index (χ2n) is 9.13. The van der Waals surface area contributed by atoms with Gasteiger partial charge in [0.1, 0.15) is 16.8 Å². The fourth-order valence-electron chi connectivity index (χ4n) is 4.32. The summed E-state index contributed by atoms with van der Waals surface area (Å²) in [6.07, 6.45) is 3.04. The number of H-pyrrole nitrogens is 1. The molecule has 5 rings (SSSR count). The summed E-state index contributed by atoms with van der Waals surface area (Å²) in [7, 11) is -3.81. The third-order valence-electron chi connectivity index (χ3n) is 6.33. The Bertz CT molecular complexity index is 1680. The van der Waals surface area contributed by atoms with Crippen LogP contribution in [0.5, 0.6) is 0 Å². The van der Waals surface area contributed by atoms with E-state index < -0.39 is 26.7 Å². The largest absolute Gasteiger partial charge is 0.373 e. The van der Waals surface area contributed by atoms with Crippen LogP contribution in [-0.4, -0.2) is 43.9 Å². The van der Waals surface area contributed by atoms with Crippen LogP contribution in [0.4, 0.5) is 10.3 Å². The summed E-state index contributed by atoms with van der Waals surface area (Å²) in [5.74, 6) is -0.551. The predicted molar refractivity (Wildman–Crippen MR) is 139 cm³/mol. The van der Waals surface area contributed by atoms with Crippen LogP contribution in [-0.2, 0) is 15.6 Å². The van der Waals surface area contributed by atoms with Gasteiger partial charge >= 0.3 is 0 Å². The van der Waals surface area contributed by atoms with E-state index in [0.29, 0.717) is 17.0 Å². The van der Waals surface area contributed by atoms with Crippen molar-refractivity contribution in [2.45, 2.75) is 38.5 Å². The number of nitrogens with one attached hydrogen (secondary N) is 2. The molecular weight excluding hydrogens is 511 g/mol. The Morgan fingerprint density at radius 1 is 1.08 bits per heavy atom. The smallest absolute Gasteiger partial charge is 0.237 e. The molecule has 0 radical (unpaired) electrons. The van der Waals surface area contributed by atoms with Crippen molar-refractivity contribution in [3.63, 3.8) is 0 Å². The number of aryl methyl sites for hydroxylation is 2. The van der Waals surface area contributed by atoms with Crippen molar-refractivity contribution in [3.8, 4) is 11.1 Å². The van der Waals surface area contributed by atoms with Crippen molar-refractivity contribution in [3.05, 3.63) is 89.1 Å². The van der Waals surface area contributed by atoms with Gasteiger partial charge in [0.2, 0.25) is 16.0 Å². The molecule has 0 atom stereocenters. The summed E-state index contributed by atoms with van der Waals surface area (Å²) in [5.41, 5.74) is -0.649. The van der Waals surface area contributed by atoms with Crippen molar-refractivity contribution in [2.24, 2.45) is 0 Å². The number of hydrogen-bond donors (Lipinski definition) is 3. The maximum atomic E-state index is 16.1. The fraction of sp³-hybridized carbons (Fsp3) is 0.231. The molecule has 5 aromatic rings. The summed E-state index contributed by atoms with van der Waals surface area (Å²) < 4.78 is 48.9. The zero-order chi connectivity index (χ0) is 27.2. The molecule has 0 aliphatic carbocycles. The third kappa shape index (κ3) is 4.11. The number of aromatic nitrogens is 5. The average Bonchev–Trinajstić information content (AvgIpc) is 3.47. The molecule has 0 saturated heterocycles. The third-order valence-corrected chi connectivity index (χ3v) is 8.05. The Morgan fingerprint density at radius 3 is 2.21 bits per heavy atom. The first-order valence-electron chi connectivity index (χ1n) is 11.8. The normalized spacial score (nSPS) is 12.4. The monoisotopic (exact) mass is 536 g/mol. The number of anilines is 1. The minimum absolute atomic E-state index is 0.00160. The molecule has 38 heavy (non-hydrogen) atoms. The van der Waals surface area contributed by atoms with Crippen LogP contribution >= 0.6 is 0 Å². The molecule has 0 aliphatic heterocycles. The van der Waals surface area contributed by atoms with Gasteiger partial charge in [-0.2, -0.15) is 0 Å². The van der Waals surface area contributed by atoms with Gasteiger partial charge in [0.25, 0.3) is 0 Å². The molecule has 12 heteroatoms. The molecule has 0 amide bonds. The van der Waals surface area contributed by atoms with Gasteiger partial charge in [-0.3, -0.25) is 14.7 Å². The number of sulfonamides is 1. The quantitative estimate of drug-likeness (QED) is 0.280. The number of imidazole rings is 1. The van der Waals surface area contributed by atoms with Crippen LogP contribution in [0, 0.1) is 19.7 Å². The van der Waals surface area contributed by atoms with Crippen LogP contribution in [0.1, 0.15) is 42.3 Å². The minimum atomic E-state index is -3.81. The second kappa shape index (κ2) is 9.30. The van der Waals surface area contributed by atoms with Crippen LogP contribution in [0.25, 0.3) is 22.2 Å². The summed E-state index contributed by atoms with van der Waals surface area (Å²) >= 11 is 0. The van der Waals surface area contributed by atoms with Gasteiger partial charge in [-0.05, 0) is 58.0 Å². The van der Waals surface area contributed by atoms with Crippen LogP contribution < -0.4 is 4.72 Å².